The predicted octanol–water partition coefficient (Wildman–Crippen LogP) is 2.04. The van der Waals surface area contributed by atoms with Crippen LogP contribution in [0.15, 0.2) is 36.8 Å². The molecule has 1 aliphatic heterocycles. The molecule has 0 N–H and O–H groups in total. The lowest BCUT2D eigenvalue weighted by Gasteiger charge is -2.33. The molecule has 3 heterocycles. The van der Waals surface area contributed by atoms with Crippen LogP contribution in [0.2, 0.25) is 0 Å². The molecule has 0 radical (unpaired) electrons. The molecule has 0 amide bonds. The molecular weight excluding hydrogens is 382 g/mol. The molecule has 1 fully saturated rings. The van der Waals surface area contributed by atoms with E-state index >= 15 is 0 Å². The fraction of sp³-hybridized carbons (Fsp3) is 0.455. The molecule has 0 aliphatic carbocycles. The van der Waals surface area contributed by atoms with E-state index in [-0.39, 0.29) is 17.7 Å². The normalized spacial score (nSPS) is 14.9. The average molecular weight is 410 g/mol. The number of anilines is 1. The Bertz CT molecular complexity index is 1060. The summed E-state index contributed by atoms with van der Waals surface area (Å²) in [5.41, 5.74) is 3.20. The fourth-order valence-electron chi connectivity index (χ4n) is 3.77. The van der Waals surface area contributed by atoms with Gasteiger partial charge in [0.2, 0.25) is 5.78 Å². The number of ketones is 1. The van der Waals surface area contributed by atoms with Crippen LogP contribution >= 0.6 is 0 Å². The van der Waals surface area contributed by atoms with Crippen molar-refractivity contribution in [2.75, 3.05) is 38.3 Å². The highest BCUT2D eigenvalue weighted by Crippen LogP contribution is 2.40. The molecule has 0 spiro atoms. The van der Waals surface area contributed by atoms with Gasteiger partial charge in [-0.3, -0.25) is 4.79 Å². The first-order chi connectivity index (χ1) is 14.4. The second-order valence-electron chi connectivity index (χ2n) is 8.46. The maximum Gasteiger partial charge on any atom is 0.329 e. The first-order valence-corrected chi connectivity index (χ1v) is 10.2. The summed E-state index contributed by atoms with van der Waals surface area (Å²) in [6.45, 7) is 9.39. The summed E-state index contributed by atoms with van der Waals surface area (Å²) in [6.07, 6.45) is 3.30. The first kappa shape index (κ1) is 20.3. The Hall–Kier alpha value is -3.00. The molecule has 0 unspecified atom stereocenters. The zero-order chi connectivity index (χ0) is 21.3. The van der Waals surface area contributed by atoms with Crippen LogP contribution < -0.4 is 14.3 Å². The quantitative estimate of drug-likeness (QED) is 0.474. The summed E-state index contributed by atoms with van der Waals surface area (Å²) >= 11 is 0. The van der Waals surface area contributed by atoms with E-state index in [1.165, 1.54) is 0 Å². The van der Waals surface area contributed by atoms with Gasteiger partial charge in [0.15, 0.2) is 6.54 Å². The van der Waals surface area contributed by atoms with E-state index in [9.17, 15) is 4.79 Å². The summed E-state index contributed by atoms with van der Waals surface area (Å²) in [4.78, 5) is 15.5. The number of hydrogen-bond donors (Lipinski definition) is 0. The molecule has 4 rings (SSSR count). The third-order valence-electron chi connectivity index (χ3n) is 5.37. The lowest BCUT2D eigenvalue weighted by atomic mass is 9.84. The topological polar surface area (TPSA) is 72.8 Å². The number of benzene rings is 1. The van der Waals surface area contributed by atoms with Gasteiger partial charge in [0.1, 0.15) is 5.75 Å². The number of aromatic nitrogens is 4. The number of carbonyl (C=O) groups excluding carboxylic acids is 1. The van der Waals surface area contributed by atoms with Gasteiger partial charge in [0.05, 0.1) is 32.2 Å². The lowest BCUT2D eigenvalue weighted by molar-refractivity contribution is -0.715. The lowest BCUT2D eigenvalue weighted by Crippen LogP contribution is -2.40. The van der Waals surface area contributed by atoms with Gasteiger partial charge in [0, 0.05) is 30.3 Å². The Morgan fingerprint density at radius 2 is 2.03 bits per heavy atom. The van der Waals surface area contributed by atoms with Crippen molar-refractivity contribution in [1.29, 1.82) is 0 Å². The molecule has 0 atom stereocenters. The molecule has 0 bridgehead atoms. The molecule has 0 saturated carbocycles. The van der Waals surface area contributed by atoms with E-state index in [4.69, 9.17) is 9.47 Å². The Balaban J connectivity index is 1.75. The number of nitrogens with zero attached hydrogens (tertiary/aromatic N) is 5. The van der Waals surface area contributed by atoms with Crippen molar-refractivity contribution in [3.05, 3.63) is 47.9 Å². The van der Waals surface area contributed by atoms with Crippen LogP contribution in [-0.2, 0) is 16.7 Å². The highest BCUT2D eigenvalue weighted by atomic mass is 16.5. The van der Waals surface area contributed by atoms with Gasteiger partial charge >= 0.3 is 5.65 Å². The summed E-state index contributed by atoms with van der Waals surface area (Å²) in [6, 6.07) is 7.63. The van der Waals surface area contributed by atoms with E-state index in [1.54, 1.807) is 28.8 Å². The van der Waals surface area contributed by atoms with Crippen LogP contribution in [-0.4, -0.2) is 53.9 Å². The average Bonchev–Trinajstić information content (AvgIpc) is 3.15. The van der Waals surface area contributed by atoms with Gasteiger partial charge in [-0.25, -0.2) is 0 Å². The van der Waals surface area contributed by atoms with Crippen LogP contribution in [0, 0.1) is 0 Å². The smallest absolute Gasteiger partial charge is 0.329 e. The summed E-state index contributed by atoms with van der Waals surface area (Å²) in [5.74, 6) is 0.817. The van der Waals surface area contributed by atoms with Crippen molar-refractivity contribution in [1.82, 2.24) is 14.7 Å². The highest BCUT2D eigenvalue weighted by Gasteiger charge is 2.28. The first-order valence-electron chi connectivity index (χ1n) is 10.2. The van der Waals surface area contributed by atoms with Gasteiger partial charge in [-0.1, -0.05) is 30.4 Å². The monoisotopic (exact) mass is 410 g/mol. The SMILES string of the molecule is COc1c(N2CCOCC2)cc(C(=O)C[n+]2ncn3ncccc32)cc1C(C)(C)C. The number of rotatable bonds is 5. The van der Waals surface area contributed by atoms with E-state index < -0.39 is 0 Å². The number of morpholine rings is 1. The van der Waals surface area contributed by atoms with E-state index in [0.29, 0.717) is 18.8 Å². The molecule has 158 valence electrons. The molecule has 2 aromatic heterocycles. The van der Waals surface area contributed by atoms with Crippen LogP contribution in [0.4, 0.5) is 5.69 Å². The third-order valence-corrected chi connectivity index (χ3v) is 5.37. The third kappa shape index (κ3) is 3.87. The van der Waals surface area contributed by atoms with Crippen LogP contribution in [0.25, 0.3) is 5.65 Å². The van der Waals surface area contributed by atoms with Gasteiger partial charge in [-0.05, 0) is 28.7 Å². The molecule has 1 aliphatic rings. The van der Waals surface area contributed by atoms with Crippen molar-refractivity contribution in [2.24, 2.45) is 0 Å². The van der Waals surface area contributed by atoms with Crippen molar-refractivity contribution in [3.63, 3.8) is 0 Å². The molecule has 1 aromatic carbocycles. The zero-order valence-corrected chi connectivity index (χ0v) is 18.0. The highest BCUT2D eigenvalue weighted by molar-refractivity contribution is 5.97. The number of ether oxygens (including phenoxy) is 2. The molecule has 30 heavy (non-hydrogen) atoms. The Labute approximate surface area is 176 Å². The minimum absolute atomic E-state index is 0.00730. The van der Waals surface area contributed by atoms with Gasteiger partial charge < -0.3 is 14.4 Å². The second-order valence-corrected chi connectivity index (χ2v) is 8.46. The van der Waals surface area contributed by atoms with Crippen LogP contribution in [0.1, 0.15) is 36.7 Å². The van der Waals surface area contributed by atoms with Gasteiger partial charge in [-0.15, -0.1) is 4.68 Å². The van der Waals surface area contributed by atoms with E-state index in [2.05, 4.69) is 35.9 Å². The van der Waals surface area contributed by atoms with Crippen LogP contribution in [0.3, 0.4) is 0 Å². The standard InChI is InChI=1S/C22H28N5O3/c1-22(2,3)17-12-16(13-18(21(17)29-4)25-8-10-30-11-9-25)19(28)14-26-20-6-5-7-23-27(20)15-24-26/h5-7,12-13,15H,8-11,14H2,1-4H3/q+1. The summed E-state index contributed by atoms with van der Waals surface area (Å²) in [7, 11) is 1.69. The number of hydrogen-bond acceptors (Lipinski definition) is 6. The Morgan fingerprint density at radius 3 is 2.73 bits per heavy atom. The molecule has 8 nitrogen and oxygen atoms in total. The van der Waals surface area contributed by atoms with Crippen molar-refractivity contribution in [2.45, 2.75) is 32.7 Å². The fourth-order valence-corrected chi connectivity index (χ4v) is 3.77. The van der Waals surface area contributed by atoms with Gasteiger partial charge in [-0.2, -0.15) is 0 Å². The maximum absolute atomic E-state index is 13.3. The van der Waals surface area contributed by atoms with Crippen molar-refractivity contribution in [3.8, 4) is 5.75 Å². The van der Waals surface area contributed by atoms with Crippen LogP contribution in [0.5, 0.6) is 5.75 Å². The number of methoxy groups -OCH3 is 1. The predicted molar refractivity (Wildman–Crippen MR) is 112 cm³/mol. The molecule has 8 heteroatoms. The zero-order valence-electron chi connectivity index (χ0n) is 18.0. The summed E-state index contributed by atoms with van der Waals surface area (Å²) < 4.78 is 14.7. The van der Waals surface area contributed by atoms with E-state index in [1.807, 2.05) is 24.3 Å². The number of carbonyl (C=O) groups is 1. The summed E-state index contributed by atoms with van der Waals surface area (Å²) in [5, 5.41) is 8.54. The Morgan fingerprint density at radius 1 is 1.27 bits per heavy atom. The maximum atomic E-state index is 13.3. The Kier molecular flexibility index (Phi) is 5.42. The van der Waals surface area contributed by atoms with Crippen molar-refractivity contribution < 1.29 is 19.0 Å². The second kappa shape index (κ2) is 8.02. The minimum atomic E-state index is -0.180. The van der Waals surface area contributed by atoms with Gasteiger partial charge in [0.25, 0.3) is 6.33 Å². The number of fused-ring (bicyclic) bond motifs is 1. The molecule has 1 saturated heterocycles. The minimum Gasteiger partial charge on any atom is -0.494 e. The molecule has 3 aromatic rings. The largest absolute Gasteiger partial charge is 0.494 e. The number of Topliss-reactive ketones (excluding diaryl/α,β-unsaturated/α-hetero) is 1. The van der Waals surface area contributed by atoms with E-state index in [0.717, 1.165) is 35.7 Å². The van der Waals surface area contributed by atoms with Crippen molar-refractivity contribution >= 4 is 17.1 Å². The molecular formula is C22H28N5O3+.